The van der Waals surface area contributed by atoms with Gasteiger partial charge in [-0.05, 0) is 51.3 Å². The highest BCUT2D eigenvalue weighted by Gasteiger charge is 2.32. The van der Waals surface area contributed by atoms with Crippen molar-refractivity contribution in [2.75, 3.05) is 5.32 Å². The number of rotatable bonds is 7. The Morgan fingerprint density at radius 1 is 1.25 bits per heavy atom. The predicted molar refractivity (Wildman–Crippen MR) is 115 cm³/mol. The number of benzene rings is 1. The summed E-state index contributed by atoms with van der Waals surface area (Å²) < 4.78 is 11.1. The van der Waals surface area contributed by atoms with E-state index in [4.69, 9.17) is 9.15 Å². The normalized spacial score (nSPS) is 14.1. The van der Waals surface area contributed by atoms with E-state index in [1.165, 1.54) is 35.6 Å². The number of esters is 1. The van der Waals surface area contributed by atoms with Gasteiger partial charge in [-0.3, -0.25) is 14.9 Å². The van der Waals surface area contributed by atoms with Crippen LogP contribution in [0.15, 0.2) is 28.7 Å². The van der Waals surface area contributed by atoms with Crippen LogP contribution in [0.25, 0.3) is 11.5 Å². The Kier molecular flexibility index (Phi) is 5.74. The van der Waals surface area contributed by atoms with E-state index in [2.05, 4.69) is 15.5 Å². The Morgan fingerprint density at radius 3 is 2.56 bits per heavy atom. The maximum Gasteiger partial charge on any atom is 0.342 e. The topological polar surface area (TPSA) is 137 Å². The number of ether oxygens (including phenoxy) is 1. The molecule has 10 nitrogen and oxygen atoms in total. The average Bonchev–Trinajstić information content (AvgIpc) is 3.42. The third-order valence-electron chi connectivity index (χ3n) is 5.17. The summed E-state index contributed by atoms with van der Waals surface area (Å²) in [4.78, 5) is 36.3. The van der Waals surface area contributed by atoms with E-state index in [-0.39, 0.29) is 29.3 Å². The van der Waals surface area contributed by atoms with E-state index in [1.807, 2.05) is 6.92 Å². The second-order valence-corrected chi connectivity index (χ2v) is 8.77. The molecule has 166 valence electrons. The standard InChI is InChI=1S/C21H20N4O6S/c1-10-12(3)32-20(22-17(26)13-4-5-13)16(10)21(27)30-11(2)18-23-24-19(31-18)14-6-8-15(9-7-14)25(28)29/h6-9,11,13H,4-5H2,1-3H3,(H,22,26). The summed E-state index contributed by atoms with van der Waals surface area (Å²) in [6.45, 7) is 5.28. The molecule has 2 aromatic heterocycles. The Bertz CT molecular complexity index is 1200. The number of nitro groups is 1. The van der Waals surface area contributed by atoms with E-state index in [9.17, 15) is 19.7 Å². The summed E-state index contributed by atoms with van der Waals surface area (Å²) in [7, 11) is 0. The minimum absolute atomic E-state index is 0.0109. The monoisotopic (exact) mass is 456 g/mol. The lowest BCUT2D eigenvalue weighted by atomic mass is 10.1. The fourth-order valence-corrected chi connectivity index (χ4v) is 4.08. The molecule has 1 aliphatic rings. The molecule has 1 amide bonds. The predicted octanol–water partition coefficient (Wildman–Crippen LogP) is 4.59. The van der Waals surface area contributed by atoms with Crippen molar-refractivity contribution in [2.24, 2.45) is 5.92 Å². The second-order valence-electron chi connectivity index (χ2n) is 7.55. The van der Waals surface area contributed by atoms with Gasteiger partial charge in [-0.1, -0.05) is 0 Å². The Hall–Kier alpha value is -3.60. The lowest BCUT2D eigenvalue weighted by Crippen LogP contribution is -2.16. The Balaban J connectivity index is 1.49. The van der Waals surface area contributed by atoms with E-state index >= 15 is 0 Å². The smallest absolute Gasteiger partial charge is 0.342 e. The van der Waals surface area contributed by atoms with Crippen molar-refractivity contribution < 1.29 is 23.7 Å². The quantitative estimate of drug-likeness (QED) is 0.309. The van der Waals surface area contributed by atoms with Crippen LogP contribution in [0.4, 0.5) is 10.7 Å². The van der Waals surface area contributed by atoms with Crippen LogP contribution in [-0.2, 0) is 9.53 Å². The number of aromatic nitrogens is 2. The molecular formula is C21H20N4O6S. The molecule has 0 bridgehead atoms. The fraction of sp³-hybridized carbons (Fsp3) is 0.333. The summed E-state index contributed by atoms with van der Waals surface area (Å²) >= 11 is 1.34. The van der Waals surface area contributed by atoms with Crippen LogP contribution in [0, 0.1) is 29.9 Å². The molecule has 32 heavy (non-hydrogen) atoms. The summed E-state index contributed by atoms with van der Waals surface area (Å²) in [6, 6.07) is 5.67. The van der Waals surface area contributed by atoms with Gasteiger partial charge >= 0.3 is 5.97 Å². The molecule has 0 aliphatic heterocycles. The van der Waals surface area contributed by atoms with Gasteiger partial charge in [-0.25, -0.2) is 4.79 Å². The van der Waals surface area contributed by atoms with Crippen molar-refractivity contribution in [1.29, 1.82) is 0 Å². The van der Waals surface area contributed by atoms with Crippen LogP contribution in [0.2, 0.25) is 0 Å². The molecule has 1 N–H and O–H groups in total. The van der Waals surface area contributed by atoms with Gasteiger partial charge < -0.3 is 14.5 Å². The van der Waals surface area contributed by atoms with Gasteiger partial charge in [0, 0.05) is 28.5 Å². The third-order valence-corrected chi connectivity index (χ3v) is 6.29. The summed E-state index contributed by atoms with van der Waals surface area (Å²) in [6.07, 6.45) is 0.883. The van der Waals surface area contributed by atoms with E-state index < -0.39 is 17.0 Å². The number of nitrogens with one attached hydrogen (secondary N) is 1. The maximum atomic E-state index is 12.9. The highest BCUT2D eigenvalue weighted by molar-refractivity contribution is 7.16. The van der Waals surface area contributed by atoms with Crippen molar-refractivity contribution in [3.8, 4) is 11.5 Å². The van der Waals surface area contributed by atoms with E-state index in [0.29, 0.717) is 16.1 Å². The van der Waals surface area contributed by atoms with Crippen LogP contribution >= 0.6 is 11.3 Å². The molecule has 0 radical (unpaired) electrons. The van der Waals surface area contributed by atoms with Gasteiger partial charge in [0.1, 0.15) is 5.00 Å². The molecule has 11 heteroatoms. The van der Waals surface area contributed by atoms with Gasteiger partial charge in [0.05, 0.1) is 10.5 Å². The zero-order chi connectivity index (χ0) is 23.0. The minimum atomic E-state index is -0.839. The number of anilines is 1. The average molecular weight is 456 g/mol. The molecular weight excluding hydrogens is 436 g/mol. The highest BCUT2D eigenvalue weighted by atomic mass is 32.1. The van der Waals surface area contributed by atoms with Crippen molar-refractivity contribution in [3.63, 3.8) is 0 Å². The van der Waals surface area contributed by atoms with Crippen molar-refractivity contribution >= 4 is 33.9 Å². The molecule has 1 fully saturated rings. The van der Waals surface area contributed by atoms with Gasteiger partial charge in [0.2, 0.25) is 11.8 Å². The molecule has 0 saturated heterocycles. The summed E-state index contributed by atoms with van der Waals surface area (Å²) in [5, 5.41) is 22.0. The molecule has 2 heterocycles. The first-order valence-electron chi connectivity index (χ1n) is 9.94. The zero-order valence-corrected chi connectivity index (χ0v) is 18.4. The number of nitrogens with zero attached hydrogens (tertiary/aromatic N) is 3. The first-order chi connectivity index (χ1) is 15.2. The maximum absolute atomic E-state index is 12.9. The molecule has 1 saturated carbocycles. The first kappa shape index (κ1) is 21.6. The van der Waals surface area contributed by atoms with Crippen molar-refractivity contribution in [1.82, 2.24) is 10.2 Å². The number of nitro benzene ring substituents is 1. The molecule has 3 aromatic rings. The largest absolute Gasteiger partial charge is 0.449 e. The molecule has 0 spiro atoms. The van der Waals surface area contributed by atoms with Crippen LogP contribution in [0.1, 0.15) is 52.6 Å². The lowest BCUT2D eigenvalue weighted by Gasteiger charge is -2.11. The van der Waals surface area contributed by atoms with Crippen LogP contribution in [0.3, 0.4) is 0 Å². The first-order valence-corrected chi connectivity index (χ1v) is 10.8. The number of hydrogen-bond acceptors (Lipinski definition) is 9. The van der Waals surface area contributed by atoms with Crippen LogP contribution in [-0.4, -0.2) is 27.0 Å². The van der Waals surface area contributed by atoms with E-state index in [0.717, 1.165) is 23.3 Å². The number of non-ortho nitro benzene ring substituents is 1. The number of amides is 1. The number of carbonyl (C=O) groups excluding carboxylic acids is 2. The SMILES string of the molecule is Cc1sc(NC(=O)C2CC2)c(C(=O)OC(C)c2nnc(-c3ccc([N+](=O)[O-])cc3)o2)c1C. The second kappa shape index (κ2) is 8.50. The van der Waals surface area contributed by atoms with Crippen molar-refractivity contribution in [2.45, 2.75) is 39.7 Å². The van der Waals surface area contributed by atoms with Crippen LogP contribution in [0.5, 0.6) is 0 Å². The molecule has 1 atom stereocenters. The summed E-state index contributed by atoms with van der Waals surface area (Å²) in [5.41, 5.74) is 1.52. The number of thiophene rings is 1. The number of hydrogen-bond donors (Lipinski definition) is 1. The highest BCUT2D eigenvalue weighted by Crippen LogP contribution is 2.37. The third kappa shape index (κ3) is 4.37. The van der Waals surface area contributed by atoms with Crippen molar-refractivity contribution in [3.05, 3.63) is 56.3 Å². The molecule has 4 rings (SSSR count). The Labute approximate surface area is 186 Å². The van der Waals surface area contributed by atoms with Gasteiger partial charge in [-0.15, -0.1) is 21.5 Å². The number of aryl methyl sites for hydroxylation is 1. The van der Waals surface area contributed by atoms with Crippen LogP contribution < -0.4 is 5.32 Å². The Morgan fingerprint density at radius 2 is 1.94 bits per heavy atom. The minimum Gasteiger partial charge on any atom is -0.449 e. The van der Waals surface area contributed by atoms with E-state index in [1.54, 1.807) is 13.8 Å². The summed E-state index contributed by atoms with van der Waals surface area (Å²) in [5.74, 6) is -0.437. The molecule has 1 aromatic carbocycles. The number of carbonyl (C=O) groups is 2. The fourth-order valence-electron chi connectivity index (χ4n) is 3.03. The van der Waals surface area contributed by atoms with Gasteiger partial charge in [0.25, 0.3) is 11.6 Å². The van der Waals surface area contributed by atoms with Gasteiger partial charge in [-0.2, -0.15) is 0 Å². The molecule has 1 unspecified atom stereocenters. The zero-order valence-electron chi connectivity index (χ0n) is 17.6. The molecule has 1 aliphatic carbocycles. The van der Waals surface area contributed by atoms with Gasteiger partial charge in [0.15, 0.2) is 6.10 Å². The lowest BCUT2D eigenvalue weighted by molar-refractivity contribution is -0.384.